The molecule has 5 nitrogen and oxygen atoms in total. The van der Waals surface area contributed by atoms with Crippen molar-refractivity contribution in [1.29, 1.82) is 0 Å². The number of hydrogen-bond donors (Lipinski definition) is 2. The van der Waals surface area contributed by atoms with E-state index in [1.54, 1.807) is 6.07 Å². The Kier molecular flexibility index (Phi) is 4.88. The third-order valence-electron chi connectivity index (χ3n) is 4.01. The standard InChI is InChI=1S/C18H22N4O/c1-2-19-18(23)15-9-6-10-17(21-15)22-12-11-20-16(13-22)14-7-4-3-5-8-14/h3-10,16,20H,2,11-13H2,1H3,(H,19,23). The van der Waals surface area contributed by atoms with Crippen LogP contribution in [0.3, 0.4) is 0 Å². The number of anilines is 1. The lowest BCUT2D eigenvalue weighted by Crippen LogP contribution is -2.46. The second kappa shape index (κ2) is 7.24. The number of carbonyl (C=O) groups is 1. The van der Waals surface area contributed by atoms with Crippen LogP contribution in [0.5, 0.6) is 0 Å². The molecule has 0 radical (unpaired) electrons. The van der Waals surface area contributed by atoms with Crippen LogP contribution in [0.15, 0.2) is 48.5 Å². The van der Waals surface area contributed by atoms with Crippen molar-refractivity contribution in [2.24, 2.45) is 0 Å². The summed E-state index contributed by atoms with van der Waals surface area (Å²) in [6.45, 7) is 5.13. The quantitative estimate of drug-likeness (QED) is 0.907. The number of pyridine rings is 1. The van der Waals surface area contributed by atoms with Crippen molar-refractivity contribution in [3.8, 4) is 0 Å². The van der Waals surface area contributed by atoms with Gasteiger partial charge in [-0.2, -0.15) is 0 Å². The van der Waals surface area contributed by atoms with Gasteiger partial charge in [0.05, 0.1) is 0 Å². The molecule has 3 rings (SSSR count). The van der Waals surface area contributed by atoms with E-state index in [0.29, 0.717) is 12.2 Å². The number of benzene rings is 1. The molecule has 1 saturated heterocycles. The predicted molar refractivity (Wildman–Crippen MR) is 91.6 cm³/mol. The Morgan fingerprint density at radius 1 is 1.26 bits per heavy atom. The smallest absolute Gasteiger partial charge is 0.269 e. The maximum absolute atomic E-state index is 12.0. The molecule has 0 aliphatic carbocycles. The maximum atomic E-state index is 12.0. The molecule has 1 unspecified atom stereocenters. The highest BCUT2D eigenvalue weighted by Crippen LogP contribution is 2.21. The topological polar surface area (TPSA) is 57.3 Å². The van der Waals surface area contributed by atoms with Crippen molar-refractivity contribution in [3.63, 3.8) is 0 Å². The summed E-state index contributed by atoms with van der Waals surface area (Å²) in [4.78, 5) is 18.7. The SMILES string of the molecule is CCNC(=O)c1cccc(N2CCNC(c3ccccc3)C2)n1. The Bertz CT molecular complexity index is 659. The number of rotatable bonds is 4. The largest absolute Gasteiger partial charge is 0.353 e. The molecule has 0 saturated carbocycles. The molecule has 1 atom stereocenters. The Balaban J connectivity index is 1.76. The summed E-state index contributed by atoms with van der Waals surface area (Å²) in [5.41, 5.74) is 1.75. The van der Waals surface area contributed by atoms with Gasteiger partial charge in [-0.3, -0.25) is 4.79 Å². The monoisotopic (exact) mass is 310 g/mol. The Labute approximate surface area is 136 Å². The van der Waals surface area contributed by atoms with Gasteiger partial charge in [-0.15, -0.1) is 0 Å². The number of aromatic nitrogens is 1. The van der Waals surface area contributed by atoms with Gasteiger partial charge in [-0.05, 0) is 24.6 Å². The van der Waals surface area contributed by atoms with Gasteiger partial charge in [0.1, 0.15) is 11.5 Å². The zero-order chi connectivity index (χ0) is 16.1. The lowest BCUT2D eigenvalue weighted by atomic mass is 10.0. The first-order valence-electron chi connectivity index (χ1n) is 8.06. The number of carbonyl (C=O) groups excluding carboxylic acids is 1. The fourth-order valence-electron chi connectivity index (χ4n) is 2.84. The van der Waals surface area contributed by atoms with Crippen LogP contribution in [-0.2, 0) is 0 Å². The zero-order valence-electron chi connectivity index (χ0n) is 13.3. The van der Waals surface area contributed by atoms with Crippen LogP contribution in [0.4, 0.5) is 5.82 Å². The number of nitrogens with zero attached hydrogens (tertiary/aromatic N) is 2. The van der Waals surface area contributed by atoms with E-state index in [9.17, 15) is 4.79 Å². The van der Waals surface area contributed by atoms with E-state index in [1.807, 2.05) is 25.1 Å². The zero-order valence-corrected chi connectivity index (χ0v) is 13.3. The number of amides is 1. The van der Waals surface area contributed by atoms with Crippen molar-refractivity contribution >= 4 is 11.7 Å². The molecule has 0 spiro atoms. The van der Waals surface area contributed by atoms with Crippen LogP contribution in [0.2, 0.25) is 0 Å². The van der Waals surface area contributed by atoms with E-state index >= 15 is 0 Å². The molecule has 5 heteroatoms. The first-order chi connectivity index (χ1) is 11.3. The molecule has 0 bridgehead atoms. The van der Waals surface area contributed by atoms with E-state index in [4.69, 9.17) is 0 Å². The molecule has 23 heavy (non-hydrogen) atoms. The molecule has 1 aromatic heterocycles. The molecule has 1 fully saturated rings. The first-order valence-corrected chi connectivity index (χ1v) is 8.06. The second-order valence-corrected chi connectivity index (χ2v) is 5.60. The minimum absolute atomic E-state index is 0.121. The van der Waals surface area contributed by atoms with Gasteiger partial charge in [0.2, 0.25) is 0 Å². The molecule has 2 aromatic rings. The van der Waals surface area contributed by atoms with Crippen molar-refractivity contribution in [2.75, 3.05) is 31.1 Å². The molecule has 120 valence electrons. The van der Waals surface area contributed by atoms with Crippen molar-refractivity contribution < 1.29 is 4.79 Å². The van der Waals surface area contributed by atoms with Gasteiger partial charge < -0.3 is 15.5 Å². The summed E-state index contributed by atoms with van der Waals surface area (Å²) < 4.78 is 0. The van der Waals surface area contributed by atoms with E-state index in [0.717, 1.165) is 25.5 Å². The molecule has 1 amide bonds. The number of piperazine rings is 1. The highest BCUT2D eigenvalue weighted by atomic mass is 16.1. The average Bonchev–Trinajstić information content (AvgIpc) is 2.63. The van der Waals surface area contributed by atoms with Crippen LogP contribution >= 0.6 is 0 Å². The minimum Gasteiger partial charge on any atom is -0.353 e. The van der Waals surface area contributed by atoms with Gasteiger partial charge >= 0.3 is 0 Å². The van der Waals surface area contributed by atoms with Crippen LogP contribution in [0, 0.1) is 0 Å². The van der Waals surface area contributed by atoms with Crippen molar-refractivity contribution in [3.05, 3.63) is 59.8 Å². The van der Waals surface area contributed by atoms with Crippen molar-refractivity contribution in [2.45, 2.75) is 13.0 Å². The highest BCUT2D eigenvalue weighted by molar-refractivity contribution is 5.92. The van der Waals surface area contributed by atoms with E-state index < -0.39 is 0 Å². The summed E-state index contributed by atoms with van der Waals surface area (Å²) in [7, 11) is 0. The predicted octanol–water partition coefficient (Wildman–Crippen LogP) is 1.98. The normalized spacial score (nSPS) is 17.8. The summed E-state index contributed by atoms with van der Waals surface area (Å²) in [5, 5.41) is 6.34. The molecule has 2 heterocycles. The molecule has 1 aliphatic rings. The lowest BCUT2D eigenvalue weighted by molar-refractivity contribution is 0.0951. The van der Waals surface area contributed by atoms with Crippen LogP contribution in [0.25, 0.3) is 0 Å². The van der Waals surface area contributed by atoms with Crippen LogP contribution < -0.4 is 15.5 Å². The lowest BCUT2D eigenvalue weighted by Gasteiger charge is -2.34. The third kappa shape index (κ3) is 3.68. The third-order valence-corrected chi connectivity index (χ3v) is 4.01. The molecule has 1 aromatic carbocycles. The summed E-state index contributed by atoms with van der Waals surface area (Å²) >= 11 is 0. The summed E-state index contributed by atoms with van der Waals surface area (Å²) in [5.74, 6) is 0.736. The Morgan fingerprint density at radius 3 is 2.87 bits per heavy atom. The fraction of sp³-hybridized carbons (Fsp3) is 0.333. The summed E-state index contributed by atoms with van der Waals surface area (Å²) in [6.07, 6.45) is 0. The Morgan fingerprint density at radius 2 is 2.09 bits per heavy atom. The van der Waals surface area contributed by atoms with E-state index in [1.165, 1.54) is 5.56 Å². The van der Waals surface area contributed by atoms with Crippen LogP contribution in [-0.4, -0.2) is 37.1 Å². The van der Waals surface area contributed by atoms with Gasteiger partial charge in [0.25, 0.3) is 5.91 Å². The van der Waals surface area contributed by atoms with E-state index in [-0.39, 0.29) is 11.9 Å². The van der Waals surface area contributed by atoms with Crippen LogP contribution in [0.1, 0.15) is 29.0 Å². The maximum Gasteiger partial charge on any atom is 0.269 e. The van der Waals surface area contributed by atoms with Gasteiger partial charge in [0, 0.05) is 32.2 Å². The molecular formula is C18H22N4O. The van der Waals surface area contributed by atoms with E-state index in [2.05, 4.69) is 44.8 Å². The number of nitrogens with one attached hydrogen (secondary N) is 2. The average molecular weight is 310 g/mol. The molecular weight excluding hydrogens is 288 g/mol. The first kappa shape index (κ1) is 15.5. The second-order valence-electron chi connectivity index (χ2n) is 5.60. The van der Waals surface area contributed by atoms with Crippen molar-refractivity contribution in [1.82, 2.24) is 15.6 Å². The minimum atomic E-state index is -0.121. The van der Waals surface area contributed by atoms with Gasteiger partial charge in [-0.25, -0.2) is 4.98 Å². The van der Waals surface area contributed by atoms with Gasteiger partial charge in [0.15, 0.2) is 0 Å². The fourth-order valence-corrected chi connectivity index (χ4v) is 2.84. The van der Waals surface area contributed by atoms with Gasteiger partial charge in [-0.1, -0.05) is 36.4 Å². The Hall–Kier alpha value is -2.40. The summed E-state index contributed by atoms with van der Waals surface area (Å²) in [6, 6.07) is 16.3. The highest BCUT2D eigenvalue weighted by Gasteiger charge is 2.22. The molecule has 1 aliphatic heterocycles. The number of hydrogen-bond acceptors (Lipinski definition) is 4. The molecule has 2 N–H and O–H groups in total.